The minimum atomic E-state index is -2.19. The van der Waals surface area contributed by atoms with Gasteiger partial charge in [0.1, 0.15) is 12.5 Å². The van der Waals surface area contributed by atoms with E-state index in [0.29, 0.717) is 0 Å². The third-order valence-electron chi connectivity index (χ3n) is 5.24. The molecule has 0 aromatic heterocycles. The summed E-state index contributed by atoms with van der Waals surface area (Å²) < 4.78 is 10.9. The molecule has 0 saturated carbocycles. The zero-order chi connectivity index (χ0) is 27.9. The van der Waals surface area contributed by atoms with E-state index in [0.717, 1.165) is 11.1 Å². The minimum absolute atomic E-state index is 0.137. The highest BCUT2D eigenvalue weighted by molar-refractivity contribution is 5.90. The van der Waals surface area contributed by atoms with Crippen LogP contribution in [0.2, 0.25) is 0 Å². The molecular formula is C26H32N2O10. The maximum absolute atomic E-state index is 12.6. The molecule has 12 heteroatoms. The molecule has 2 rings (SSSR count). The maximum atomic E-state index is 12.6. The number of aliphatic carboxylic acids is 2. The number of ether oxygens (including phenoxy) is 2. The second-order valence-electron chi connectivity index (χ2n) is 8.29. The first-order valence-electron chi connectivity index (χ1n) is 11.9. The predicted octanol–water partition coefficient (Wildman–Crippen LogP) is 0.0608. The van der Waals surface area contributed by atoms with E-state index in [2.05, 4.69) is 10.6 Å². The van der Waals surface area contributed by atoms with Crippen LogP contribution in [0.15, 0.2) is 60.7 Å². The Kier molecular flexibility index (Phi) is 12.9. The van der Waals surface area contributed by atoms with Crippen molar-refractivity contribution in [3.63, 3.8) is 0 Å². The number of nitrogens with one attached hydrogen (secondary N) is 2. The Morgan fingerprint density at radius 3 is 1.29 bits per heavy atom. The summed E-state index contributed by atoms with van der Waals surface area (Å²) in [6.45, 7) is -0.442. The highest BCUT2D eigenvalue weighted by Crippen LogP contribution is 2.08. The molecule has 4 atom stereocenters. The number of amides is 2. The van der Waals surface area contributed by atoms with Gasteiger partial charge >= 0.3 is 11.9 Å². The number of aliphatic hydroxyl groups is 2. The summed E-state index contributed by atoms with van der Waals surface area (Å²) in [6, 6.07) is 17.7. The van der Waals surface area contributed by atoms with Crippen LogP contribution < -0.4 is 10.6 Å². The molecule has 2 unspecified atom stereocenters. The first kappa shape index (κ1) is 30.4. The van der Waals surface area contributed by atoms with E-state index in [9.17, 15) is 29.4 Å². The Bertz CT molecular complexity index is 951. The molecular weight excluding hydrogens is 500 g/mol. The number of carbonyl (C=O) groups is 4. The van der Waals surface area contributed by atoms with E-state index in [1.165, 1.54) is 0 Å². The lowest BCUT2D eigenvalue weighted by atomic mass is 10.1. The number of aliphatic hydroxyl groups excluding tert-OH is 2. The van der Waals surface area contributed by atoms with E-state index in [-0.39, 0.29) is 38.9 Å². The topological polar surface area (TPSA) is 192 Å². The van der Waals surface area contributed by atoms with Crippen LogP contribution in [0.4, 0.5) is 0 Å². The Balaban J connectivity index is 2.01. The summed E-state index contributed by atoms with van der Waals surface area (Å²) in [5.41, 5.74) is 1.51. The van der Waals surface area contributed by atoms with E-state index in [1.807, 2.05) is 0 Å². The zero-order valence-electron chi connectivity index (χ0n) is 20.6. The summed E-state index contributed by atoms with van der Waals surface area (Å²) in [7, 11) is 0. The summed E-state index contributed by atoms with van der Waals surface area (Å²) in [5, 5.41) is 43.1. The maximum Gasteiger partial charge on any atom is 0.305 e. The molecule has 2 aromatic carbocycles. The van der Waals surface area contributed by atoms with Crippen molar-refractivity contribution < 1.29 is 49.1 Å². The van der Waals surface area contributed by atoms with Gasteiger partial charge in [0, 0.05) is 12.8 Å². The Labute approximate surface area is 219 Å². The average Bonchev–Trinajstić information content (AvgIpc) is 2.88. The van der Waals surface area contributed by atoms with E-state index in [1.54, 1.807) is 60.7 Å². The molecule has 12 nitrogen and oxygen atoms in total. The van der Waals surface area contributed by atoms with Gasteiger partial charge in [-0.25, -0.2) is 0 Å². The summed E-state index contributed by atoms with van der Waals surface area (Å²) in [5.74, 6) is -4.43. The predicted molar refractivity (Wildman–Crippen MR) is 133 cm³/mol. The first-order chi connectivity index (χ1) is 18.2. The smallest absolute Gasteiger partial charge is 0.305 e. The molecule has 206 valence electrons. The van der Waals surface area contributed by atoms with Gasteiger partial charge in [0.05, 0.1) is 26.1 Å². The van der Waals surface area contributed by atoms with E-state index in [4.69, 9.17) is 19.7 Å². The van der Waals surface area contributed by atoms with Gasteiger partial charge in [-0.15, -0.1) is 0 Å². The van der Waals surface area contributed by atoms with Crippen LogP contribution in [-0.2, 0) is 41.5 Å². The Morgan fingerprint density at radius 2 is 0.974 bits per heavy atom. The molecule has 0 bridgehead atoms. The van der Waals surface area contributed by atoms with Gasteiger partial charge in [-0.3, -0.25) is 19.2 Å². The van der Waals surface area contributed by atoms with Crippen LogP contribution in [0.5, 0.6) is 0 Å². The summed E-state index contributed by atoms with van der Waals surface area (Å²) in [4.78, 5) is 46.9. The van der Waals surface area contributed by atoms with Gasteiger partial charge in [-0.2, -0.15) is 0 Å². The Hall–Kier alpha value is -3.84. The minimum Gasteiger partial charge on any atom is -0.481 e. The SMILES string of the molecule is O=C(O)CCOC(Cc1ccccc1)NC(=O)[C@H](O)[C@@H](O)C(=O)NC(Cc1ccccc1)OCCC(=O)O. The lowest BCUT2D eigenvalue weighted by molar-refractivity contribution is -0.151. The van der Waals surface area contributed by atoms with Crippen LogP contribution in [0.25, 0.3) is 0 Å². The van der Waals surface area contributed by atoms with Gasteiger partial charge in [-0.05, 0) is 11.1 Å². The highest BCUT2D eigenvalue weighted by Gasteiger charge is 2.33. The number of benzene rings is 2. The zero-order valence-corrected chi connectivity index (χ0v) is 20.6. The van der Waals surface area contributed by atoms with Gasteiger partial charge in [0.25, 0.3) is 11.8 Å². The van der Waals surface area contributed by atoms with E-state index >= 15 is 0 Å². The third kappa shape index (κ3) is 11.5. The molecule has 2 amide bonds. The second-order valence-corrected chi connectivity index (χ2v) is 8.29. The van der Waals surface area contributed by atoms with Crippen LogP contribution in [0.3, 0.4) is 0 Å². The van der Waals surface area contributed by atoms with Crippen molar-refractivity contribution >= 4 is 23.8 Å². The van der Waals surface area contributed by atoms with Crippen LogP contribution in [-0.4, -0.2) is 82.1 Å². The standard InChI is InChI=1S/C26H32N2O10/c29-21(30)11-13-37-19(15-17-7-3-1-4-8-17)27-25(35)23(33)24(34)26(36)28-20(38-14-12-22(31)32)16-18-9-5-2-6-10-18/h1-10,19-20,23-24,33-34H,11-16H2,(H,27,35)(H,28,36)(H,29,30)(H,31,32)/t19?,20?,23-,24-/m1/s1. The van der Waals surface area contributed by atoms with Crippen LogP contribution in [0, 0.1) is 0 Å². The molecule has 38 heavy (non-hydrogen) atoms. The number of carboxylic acids is 2. The fourth-order valence-electron chi connectivity index (χ4n) is 3.31. The highest BCUT2D eigenvalue weighted by atomic mass is 16.5. The molecule has 0 radical (unpaired) electrons. The molecule has 6 N–H and O–H groups in total. The lowest BCUT2D eigenvalue weighted by Gasteiger charge is -2.25. The molecule has 0 fully saturated rings. The van der Waals surface area contributed by atoms with Crippen molar-refractivity contribution in [3.8, 4) is 0 Å². The number of carbonyl (C=O) groups excluding carboxylic acids is 2. The normalized spacial score (nSPS) is 14.1. The van der Waals surface area contributed by atoms with Crippen molar-refractivity contribution in [2.24, 2.45) is 0 Å². The number of rotatable bonds is 17. The first-order valence-corrected chi connectivity index (χ1v) is 11.9. The molecule has 0 aliphatic carbocycles. The van der Waals surface area contributed by atoms with Crippen molar-refractivity contribution in [2.45, 2.75) is 50.3 Å². The van der Waals surface area contributed by atoms with Gasteiger partial charge in [-0.1, -0.05) is 60.7 Å². The molecule has 0 saturated heterocycles. The number of hydrogen-bond donors (Lipinski definition) is 6. The van der Waals surface area contributed by atoms with Gasteiger partial charge < -0.3 is 40.5 Å². The number of hydrogen-bond acceptors (Lipinski definition) is 8. The van der Waals surface area contributed by atoms with Crippen molar-refractivity contribution in [1.82, 2.24) is 10.6 Å². The van der Waals surface area contributed by atoms with Crippen LogP contribution in [0.1, 0.15) is 24.0 Å². The number of carboxylic acid groups (broad SMARTS) is 2. The van der Waals surface area contributed by atoms with Crippen molar-refractivity contribution in [3.05, 3.63) is 71.8 Å². The molecule has 2 aromatic rings. The van der Waals surface area contributed by atoms with Gasteiger partial charge in [0.15, 0.2) is 12.2 Å². The van der Waals surface area contributed by atoms with Crippen LogP contribution >= 0.6 is 0 Å². The molecule has 0 aliphatic heterocycles. The molecule has 0 heterocycles. The monoisotopic (exact) mass is 532 g/mol. The quantitative estimate of drug-likeness (QED) is 0.152. The average molecular weight is 533 g/mol. The fourth-order valence-corrected chi connectivity index (χ4v) is 3.31. The largest absolute Gasteiger partial charge is 0.481 e. The third-order valence-corrected chi connectivity index (χ3v) is 5.24. The molecule has 0 aliphatic rings. The summed E-state index contributed by atoms with van der Waals surface area (Å²) >= 11 is 0. The Morgan fingerprint density at radius 1 is 0.632 bits per heavy atom. The second kappa shape index (κ2) is 16.1. The van der Waals surface area contributed by atoms with Gasteiger partial charge in [0.2, 0.25) is 0 Å². The lowest BCUT2D eigenvalue weighted by Crippen LogP contribution is -2.54. The molecule has 0 spiro atoms. The summed E-state index contributed by atoms with van der Waals surface area (Å²) in [6.07, 6.45) is -6.83. The van der Waals surface area contributed by atoms with Crippen molar-refractivity contribution in [1.29, 1.82) is 0 Å². The van der Waals surface area contributed by atoms with Crippen molar-refractivity contribution in [2.75, 3.05) is 13.2 Å². The van der Waals surface area contributed by atoms with E-state index < -0.39 is 48.4 Å². The fraction of sp³-hybridized carbons (Fsp3) is 0.385.